The van der Waals surface area contributed by atoms with Crippen molar-refractivity contribution in [3.63, 3.8) is 0 Å². The van der Waals surface area contributed by atoms with Crippen LogP contribution in [0.1, 0.15) is 11.4 Å². The zero-order valence-corrected chi connectivity index (χ0v) is 12.4. The van der Waals surface area contributed by atoms with Crippen LogP contribution in [0.15, 0.2) is 18.2 Å². The van der Waals surface area contributed by atoms with Crippen LogP contribution in [-0.4, -0.2) is 31.3 Å². The number of benzene rings is 1. The Labute approximate surface area is 118 Å². The van der Waals surface area contributed by atoms with Crippen LogP contribution in [0.2, 0.25) is 0 Å². The van der Waals surface area contributed by atoms with Gasteiger partial charge in [0.15, 0.2) is 17.3 Å². The molecule has 0 radical (unpaired) electrons. The number of aryl methyl sites for hydroxylation is 2. The third kappa shape index (κ3) is 2.52. The summed E-state index contributed by atoms with van der Waals surface area (Å²) in [6.07, 6.45) is 0. The first kappa shape index (κ1) is 14.1. The molecule has 1 aromatic carbocycles. The van der Waals surface area contributed by atoms with E-state index in [1.165, 1.54) is 0 Å². The van der Waals surface area contributed by atoms with Crippen molar-refractivity contribution in [1.82, 2.24) is 9.97 Å². The normalized spacial score (nSPS) is 10.2. The van der Waals surface area contributed by atoms with E-state index in [-0.39, 0.29) is 0 Å². The molecule has 0 bridgehead atoms. The Bertz CT molecular complexity index is 607. The van der Waals surface area contributed by atoms with Crippen LogP contribution in [-0.2, 0) is 0 Å². The summed E-state index contributed by atoms with van der Waals surface area (Å²) in [4.78, 5) is 8.91. The SMILES string of the molecule is COc1ccc(-c2nc(C)cc(C)n2)c(OC)c1OC. The molecule has 0 fully saturated rings. The van der Waals surface area contributed by atoms with E-state index in [1.54, 1.807) is 21.3 Å². The van der Waals surface area contributed by atoms with Gasteiger partial charge in [0.05, 0.1) is 26.9 Å². The van der Waals surface area contributed by atoms with E-state index in [4.69, 9.17) is 14.2 Å². The summed E-state index contributed by atoms with van der Waals surface area (Å²) >= 11 is 0. The Balaban J connectivity index is 2.67. The maximum absolute atomic E-state index is 5.46. The molecule has 0 unspecified atom stereocenters. The van der Waals surface area contributed by atoms with E-state index in [2.05, 4.69) is 9.97 Å². The van der Waals surface area contributed by atoms with Crippen LogP contribution in [0.3, 0.4) is 0 Å². The van der Waals surface area contributed by atoms with Gasteiger partial charge in [-0.2, -0.15) is 0 Å². The minimum atomic E-state index is 0.537. The number of rotatable bonds is 4. The van der Waals surface area contributed by atoms with Gasteiger partial charge < -0.3 is 14.2 Å². The van der Waals surface area contributed by atoms with E-state index in [0.717, 1.165) is 17.0 Å². The molecule has 0 aliphatic carbocycles. The van der Waals surface area contributed by atoms with Crippen molar-refractivity contribution in [2.75, 3.05) is 21.3 Å². The smallest absolute Gasteiger partial charge is 0.204 e. The molecule has 106 valence electrons. The van der Waals surface area contributed by atoms with Gasteiger partial charge in [-0.05, 0) is 32.0 Å². The molecule has 0 atom stereocenters. The average molecular weight is 274 g/mol. The fraction of sp³-hybridized carbons (Fsp3) is 0.333. The summed E-state index contributed by atoms with van der Waals surface area (Å²) < 4.78 is 16.1. The average Bonchev–Trinajstić information content (AvgIpc) is 2.44. The molecule has 1 aromatic heterocycles. The second kappa shape index (κ2) is 5.77. The number of nitrogens with zero attached hydrogens (tertiary/aromatic N) is 2. The van der Waals surface area contributed by atoms with E-state index >= 15 is 0 Å². The first-order valence-electron chi connectivity index (χ1n) is 6.22. The number of methoxy groups -OCH3 is 3. The van der Waals surface area contributed by atoms with Gasteiger partial charge in [0.2, 0.25) is 5.75 Å². The fourth-order valence-corrected chi connectivity index (χ4v) is 2.12. The largest absolute Gasteiger partial charge is 0.493 e. The molecule has 0 aliphatic heterocycles. The number of ether oxygens (including phenoxy) is 3. The Morgan fingerprint density at radius 2 is 1.40 bits per heavy atom. The Kier molecular flexibility index (Phi) is 4.08. The topological polar surface area (TPSA) is 53.5 Å². The number of hydrogen-bond acceptors (Lipinski definition) is 5. The van der Waals surface area contributed by atoms with Gasteiger partial charge in [0.1, 0.15) is 0 Å². The lowest BCUT2D eigenvalue weighted by atomic mass is 10.1. The summed E-state index contributed by atoms with van der Waals surface area (Å²) in [6, 6.07) is 5.61. The number of hydrogen-bond donors (Lipinski definition) is 0. The van der Waals surface area contributed by atoms with Gasteiger partial charge in [0.25, 0.3) is 0 Å². The minimum absolute atomic E-state index is 0.537. The molecule has 0 saturated heterocycles. The predicted octanol–water partition coefficient (Wildman–Crippen LogP) is 2.79. The lowest BCUT2D eigenvalue weighted by Gasteiger charge is -2.15. The molecular weight excluding hydrogens is 256 g/mol. The predicted molar refractivity (Wildman–Crippen MR) is 76.6 cm³/mol. The van der Waals surface area contributed by atoms with Crippen LogP contribution < -0.4 is 14.2 Å². The van der Waals surface area contributed by atoms with Gasteiger partial charge in [0, 0.05) is 11.4 Å². The van der Waals surface area contributed by atoms with E-state index in [0.29, 0.717) is 23.1 Å². The van der Waals surface area contributed by atoms with E-state index < -0.39 is 0 Å². The molecule has 2 aromatic rings. The standard InChI is InChI=1S/C15H18N2O3/c1-9-8-10(2)17-15(16-9)11-6-7-12(18-3)14(20-5)13(11)19-4/h6-8H,1-5H3. The Morgan fingerprint density at radius 3 is 1.90 bits per heavy atom. The summed E-state index contributed by atoms with van der Waals surface area (Å²) in [5.74, 6) is 2.32. The third-order valence-electron chi connectivity index (χ3n) is 2.93. The maximum Gasteiger partial charge on any atom is 0.204 e. The highest BCUT2D eigenvalue weighted by atomic mass is 16.5. The highest BCUT2D eigenvalue weighted by Crippen LogP contribution is 2.43. The minimum Gasteiger partial charge on any atom is -0.493 e. The van der Waals surface area contributed by atoms with Crippen molar-refractivity contribution in [3.8, 4) is 28.6 Å². The van der Waals surface area contributed by atoms with Gasteiger partial charge in [-0.1, -0.05) is 0 Å². The molecule has 5 nitrogen and oxygen atoms in total. The highest BCUT2D eigenvalue weighted by molar-refractivity contribution is 5.72. The molecule has 0 spiro atoms. The molecule has 0 aliphatic rings. The molecule has 1 heterocycles. The van der Waals surface area contributed by atoms with Crippen molar-refractivity contribution >= 4 is 0 Å². The van der Waals surface area contributed by atoms with Crippen LogP contribution in [0.25, 0.3) is 11.4 Å². The molecular formula is C15H18N2O3. The summed E-state index contributed by atoms with van der Waals surface area (Å²) in [5, 5.41) is 0. The van der Waals surface area contributed by atoms with Gasteiger partial charge in [-0.25, -0.2) is 9.97 Å². The van der Waals surface area contributed by atoms with Crippen molar-refractivity contribution < 1.29 is 14.2 Å². The van der Waals surface area contributed by atoms with Crippen molar-refractivity contribution in [2.45, 2.75) is 13.8 Å². The first-order valence-corrected chi connectivity index (χ1v) is 6.22. The highest BCUT2D eigenvalue weighted by Gasteiger charge is 2.18. The quantitative estimate of drug-likeness (QED) is 0.858. The summed E-state index contributed by atoms with van der Waals surface area (Å²) in [5.41, 5.74) is 2.59. The van der Waals surface area contributed by atoms with Crippen LogP contribution in [0, 0.1) is 13.8 Å². The Morgan fingerprint density at radius 1 is 0.800 bits per heavy atom. The lowest BCUT2D eigenvalue weighted by molar-refractivity contribution is 0.325. The van der Waals surface area contributed by atoms with Gasteiger partial charge in [-0.3, -0.25) is 0 Å². The lowest BCUT2D eigenvalue weighted by Crippen LogP contribution is -2.00. The maximum atomic E-state index is 5.46. The van der Waals surface area contributed by atoms with Crippen molar-refractivity contribution in [3.05, 3.63) is 29.6 Å². The summed E-state index contributed by atoms with van der Waals surface area (Å²) in [6.45, 7) is 3.87. The monoisotopic (exact) mass is 274 g/mol. The van der Waals surface area contributed by atoms with Crippen LogP contribution in [0.4, 0.5) is 0 Å². The van der Waals surface area contributed by atoms with Crippen molar-refractivity contribution in [2.24, 2.45) is 0 Å². The second-order valence-electron chi connectivity index (χ2n) is 4.36. The molecule has 0 N–H and O–H groups in total. The van der Waals surface area contributed by atoms with Gasteiger partial charge in [-0.15, -0.1) is 0 Å². The Hall–Kier alpha value is -2.30. The first-order chi connectivity index (χ1) is 9.60. The number of aromatic nitrogens is 2. The summed E-state index contributed by atoms with van der Waals surface area (Å²) in [7, 11) is 4.75. The van der Waals surface area contributed by atoms with Gasteiger partial charge >= 0.3 is 0 Å². The van der Waals surface area contributed by atoms with Crippen LogP contribution >= 0.6 is 0 Å². The zero-order valence-electron chi connectivity index (χ0n) is 12.4. The molecule has 20 heavy (non-hydrogen) atoms. The second-order valence-corrected chi connectivity index (χ2v) is 4.36. The molecule has 0 saturated carbocycles. The molecule has 5 heteroatoms. The third-order valence-corrected chi connectivity index (χ3v) is 2.93. The zero-order chi connectivity index (χ0) is 14.7. The van der Waals surface area contributed by atoms with Crippen LogP contribution in [0.5, 0.6) is 17.2 Å². The molecule has 0 amide bonds. The molecule has 2 rings (SSSR count). The van der Waals surface area contributed by atoms with E-state index in [1.807, 2.05) is 32.0 Å². The fourth-order valence-electron chi connectivity index (χ4n) is 2.12. The van der Waals surface area contributed by atoms with E-state index in [9.17, 15) is 0 Å². The van der Waals surface area contributed by atoms with Crippen molar-refractivity contribution in [1.29, 1.82) is 0 Å².